The molecule has 1 saturated carbocycles. The minimum atomic E-state index is -4.61. The second-order valence-corrected chi connectivity index (χ2v) is 13.6. The van der Waals surface area contributed by atoms with E-state index >= 15 is 0 Å². The van der Waals surface area contributed by atoms with Gasteiger partial charge in [0.15, 0.2) is 5.82 Å². The molecule has 1 unspecified atom stereocenters. The molecule has 12 nitrogen and oxygen atoms in total. The minimum absolute atomic E-state index is 0.0248. The van der Waals surface area contributed by atoms with E-state index in [1.54, 1.807) is 52.0 Å². The molecule has 16 heteroatoms. The summed E-state index contributed by atoms with van der Waals surface area (Å²) in [5, 5.41) is 10.1. The van der Waals surface area contributed by atoms with Crippen LogP contribution in [0, 0.1) is 0 Å². The van der Waals surface area contributed by atoms with Gasteiger partial charge in [0.05, 0.1) is 34.0 Å². The zero-order valence-electron chi connectivity index (χ0n) is 27.9. The topological polar surface area (TPSA) is 132 Å². The number of carbonyl (C=O) groups excluding carboxylic acids is 2. The first kappa shape index (κ1) is 35.2. The van der Waals surface area contributed by atoms with Gasteiger partial charge in [-0.1, -0.05) is 18.5 Å². The molecule has 1 saturated heterocycles. The quantitative estimate of drug-likeness (QED) is 0.232. The molecule has 2 aromatic heterocycles. The highest BCUT2D eigenvalue weighted by Crippen LogP contribution is 2.34. The highest BCUT2D eigenvalue weighted by molar-refractivity contribution is 6.33. The Morgan fingerprint density at radius 2 is 1.82 bits per heavy atom. The first-order valence-corrected chi connectivity index (χ1v) is 16.7. The van der Waals surface area contributed by atoms with Crippen molar-refractivity contribution < 1.29 is 32.2 Å². The van der Waals surface area contributed by atoms with Crippen molar-refractivity contribution in [2.24, 2.45) is 0 Å². The van der Waals surface area contributed by atoms with Crippen molar-refractivity contribution in [3.8, 4) is 17.1 Å². The molecular weight excluding hydrogens is 679 g/mol. The number of anilines is 1. The fraction of sp³-hybridized carbons (Fsp3) is 0.441. The van der Waals surface area contributed by atoms with Gasteiger partial charge in [-0.15, -0.1) is 5.10 Å². The van der Waals surface area contributed by atoms with Crippen LogP contribution in [0.4, 0.5) is 23.7 Å². The average molecular weight is 716 g/mol. The Bertz CT molecular complexity index is 1980. The number of aromatic nitrogens is 4. The minimum Gasteiger partial charge on any atom is -0.490 e. The van der Waals surface area contributed by atoms with Crippen LogP contribution in [0.3, 0.4) is 0 Å². The number of nitrogens with zero attached hydrogens (tertiary/aromatic N) is 5. The Morgan fingerprint density at radius 3 is 2.44 bits per heavy atom. The van der Waals surface area contributed by atoms with Crippen molar-refractivity contribution >= 4 is 35.1 Å². The lowest BCUT2D eigenvalue weighted by Gasteiger charge is -2.38. The van der Waals surface area contributed by atoms with Crippen LogP contribution in [0.25, 0.3) is 17.2 Å². The van der Waals surface area contributed by atoms with Gasteiger partial charge in [0, 0.05) is 30.9 Å². The average Bonchev–Trinajstić information content (AvgIpc) is 3.75. The van der Waals surface area contributed by atoms with Gasteiger partial charge in [-0.3, -0.25) is 14.5 Å². The summed E-state index contributed by atoms with van der Waals surface area (Å²) >= 11 is 6.13. The number of alkyl halides is 3. The Balaban J connectivity index is 1.44. The largest absolute Gasteiger partial charge is 0.490 e. The third-order valence-electron chi connectivity index (χ3n) is 8.24. The molecule has 2 aliphatic rings. The van der Waals surface area contributed by atoms with E-state index in [0.29, 0.717) is 23.6 Å². The van der Waals surface area contributed by atoms with Gasteiger partial charge in [-0.05, 0) is 82.5 Å². The molecule has 266 valence electrons. The molecule has 4 aromatic rings. The third kappa shape index (κ3) is 7.58. The molecule has 0 spiro atoms. The normalized spacial score (nSPS) is 16.8. The summed E-state index contributed by atoms with van der Waals surface area (Å²) in [5.74, 6) is 0.325. The van der Waals surface area contributed by atoms with Crippen LogP contribution in [-0.2, 0) is 28.7 Å². The van der Waals surface area contributed by atoms with E-state index < -0.39 is 47.5 Å². The number of carbonyl (C=O) groups is 2. The van der Waals surface area contributed by atoms with Crippen LogP contribution in [0.5, 0.6) is 5.75 Å². The Hall–Kier alpha value is -4.63. The predicted molar refractivity (Wildman–Crippen MR) is 179 cm³/mol. The number of fused-ring (bicyclic) bond motifs is 1. The van der Waals surface area contributed by atoms with E-state index in [-0.39, 0.29) is 53.5 Å². The fourth-order valence-electron chi connectivity index (χ4n) is 5.81. The smallest absolute Gasteiger partial charge is 0.416 e. The molecule has 2 amide bonds. The molecule has 1 aliphatic heterocycles. The van der Waals surface area contributed by atoms with Crippen molar-refractivity contribution in [2.75, 3.05) is 25.0 Å². The maximum Gasteiger partial charge on any atom is 0.416 e. The van der Waals surface area contributed by atoms with E-state index in [4.69, 9.17) is 21.1 Å². The number of nitrogens with one attached hydrogen (secondary N) is 2. The summed E-state index contributed by atoms with van der Waals surface area (Å²) < 4.78 is 53.9. The van der Waals surface area contributed by atoms with Gasteiger partial charge >= 0.3 is 12.3 Å². The number of benzene rings is 2. The molecule has 6 rings (SSSR count). The highest BCUT2D eigenvalue weighted by Gasteiger charge is 2.37. The molecule has 0 radical (unpaired) electrons. The SMILES string of the molecule is CCc1c(C2CNCCN2C(=O)OC(C)(C)C)c(=O)n2nc(-c3ccc(OC4CC4)cc3)nc2n1CC(=O)Nc1ccc(C(F)(F)F)cc1Cl. The van der Waals surface area contributed by atoms with E-state index in [1.165, 1.54) is 9.47 Å². The van der Waals surface area contributed by atoms with Crippen molar-refractivity contribution in [1.82, 2.24) is 29.4 Å². The lowest BCUT2D eigenvalue weighted by atomic mass is 10.0. The van der Waals surface area contributed by atoms with Crippen LogP contribution in [0.15, 0.2) is 47.3 Å². The van der Waals surface area contributed by atoms with Gasteiger partial charge in [0.25, 0.3) is 5.56 Å². The number of piperazine rings is 1. The van der Waals surface area contributed by atoms with Crippen molar-refractivity contribution in [3.05, 3.63) is 74.7 Å². The third-order valence-corrected chi connectivity index (χ3v) is 8.56. The van der Waals surface area contributed by atoms with Crippen LogP contribution in [-0.4, -0.2) is 67.4 Å². The summed E-state index contributed by atoms with van der Waals surface area (Å²) in [7, 11) is 0. The van der Waals surface area contributed by atoms with E-state index in [2.05, 4.69) is 20.7 Å². The fourth-order valence-corrected chi connectivity index (χ4v) is 6.04. The van der Waals surface area contributed by atoms with Gasteiger partial charge in [-0.2, -0.15) is 22.7 Å². The van der Waals surface area contributed by atoms with Crippen molar-refractivity contribution in [3.63, 3.8) is 0 Å². The van der Waals surface area contributed by atoms with Crippen LogP contribution in [0.1, 0.15) is 63.4 Å². The zero-order valence-corrected chi connectivity index (χ0v) is 28.7. The first-order chi connectivity index (χ1) is 23.6. The molecule has 2 fully saturated rings. The van der Waals surface area contributed by atoms with Crippen LogP contribution in [0.2, 0.25) is 5.02 Å². The number of halogens is 4. The lowest BCUT2D eigenvalue weighted by molar-refractivity contribution is -0.137. The predicted octanol–water partition coefficient (Wildman–Crippen LogP) is 5.85. The summed E-state index contributed by atoms with van der Waals surface area (Å²) in [6.45, 7) is 7.61. The summed E-state index contributed by atoms with van der Waals surface area (Å²) in [4.78, 5) is 47.6. The molecule has 1 aliphatic carbocycles. The Morgan fingerprint density at radius 1 is 1.10 bits per heavy atom. The Labute approximate surface area is 290 Å². The van der Waals surface area contributed by atoms with Gasteiger partial charge in [0.1, 0.15) is 17.9 Å². The number of amides is 2. The van der Waals surface area contributed by atoms with E-state index in [1.807, 2.05) is 0 Å². The van der Waals surface area contributed by atoms with Gasteiger partial charge < -0.3 is 24.7 Å². The highest BCUT2D eigenvalue weighted by atomic mass is 35.5. The zero-order chi connectivity index (χ0) is 36.0. The van der Waals surface area contributed by atoms with Crippen molar-refractivity contribution in [1.29, 1.82) is 0 Å². The van der Waals surface area contributed by atoms with Crippen LogP contribution < -0.4 is 20.9 Å². The van der Waals surface area contributed by atoms with Gasteiger partial charge in [-0.25, -0.2) is 4.79 Å². The number of rotatable bonds is 8. The summed E-state index contributed by atoms with van der Waals surface area (Å²) in [6.07, 6.45) is -2.74. The second-order valence-electron chi connectivity index (χ2n) is 13.2. The summed E-state index contributed by atoms with van der Waals surface area (Å²) in [5.41, 5.74) is -1.05. The Kier molecular flexibility index (Phi) is 9.57. The molecule has 0 bridgehead atoms. The number of ether oxygens (including phenoxy) is 2. The van der Waals surface area contributed by atoms with E-state index in [0.717, 1.165) is 35.6 Å². The number of hydrogen-bond donors (Lipinski definition) is 2. The molecule has 3 heterocycles. The molecular formula is C34H37ClF3N7O5. The molecule has 2 N–H and O–H groups in total. The molecule has 50 heavy (non-hydrogen) atoms. The van der Waals surface area contributed by atoms with Crippen molar-refractivity contribution in [2.45, 2.75) is 77.4 Å². The second kappa shape index (κ2) is 13.6. The van der Waals surface area contributed by atoms with Gasteiger partial charge in [0.2, 0.25) is 11.7 Å². The number of hydrogen-bond acceptors (Lipinski definition) is 8. The molecule has 2 aromatic carbocycles. The summed E-state index contributed by atoms with van der Waals surface area (Å²) in [6, 6.07) is 8.99. The molecule has 1 atom stereocenters. The standard InChI is InChI=1S/C34H37ClF3N7O5/c1-5-25-28(26-17-39-14-15-43(26)32(48)50-33(2,3)4)30(47)45-31(41-29(42-45)19-6-9-21(10-7-19)49-22-11-12-22)44(25)18-27(46)40-24-13-8-20(16-23(24)35)34(36,37)38/h6-10,13,16,22,26,39H,5,11-12,14-15,17-18H2,1-4H3,(H,40,46). The maximum atomic E-state index is 14.4. The first-order valence-electron chi connectivity index (χ1n) is 16.3. The van der Waals surface area contributed by atoms with Crippen LogP contribution >= 0.6 is 11.6 Å². The van der Waals surface area contributed by atoms with E-state index in [9.17, 15) is 27.6 Å². The monoisotopic (exact) mass is 715 g/mol. The maximum absolute atomic E-state index is 14.4. The lowest BCUT2D eigenvalue weighted by Crippen LogP contribution is -2.52.